The molecule has 1 unspecified atom stereocenters. The van der Waals surface area contributed by atoms with Gasteiger partial charge in [0.1, 0.15) is 30.8 Å². The summed E-state index contributed by atoms with van der Waals surface area (Å²) >= 11 is 6.52. The van der Waals surface area contributed by atoms with Crippen LogP contribution in [0, 0.1) is 0 Å². The van der Waals surface area contributed by atoms with Crippen LogP contribution in [0.2, 0.25) is 5.02 Å². The number of halogens is 1. The van der Waals surface area contributed by atoms with Gasteiger partial charge in [0.05, 0.1) is 11.3 Å². The van der Waals surface area contributed by atoms with E-state index in [1.807, 2.05) is 170 Å². The van der Waals surface area contributed by atoms with Crippen molar-refractivity contribution in [3.8, 4) is 22.6 Å². The molecule has 0 heterocycles. The maximum absolute atomic E-state index is 14.1. The molecular weight excluding hydrogens is 744 g/mol. The molecule has 0 saturated heterocycles. The number of rotatable bonds is 17. The van der Waals surface area contributed by atoms with Crippen LogP contribution in [0.5, 0.6) is 11.5 Å². The van der Waals surface area contributed by atoms with Gasteiger partial charge in [0.15, 0.2) is 0 Å². The molecule has 7 nitrogen and oxygen atoms in total. The van der Waals surface area contributed by atoms with Crippen molar-refractivity contribution in [3.05, 3.63) is 220 Å². The third-order valence-corrected chi connectivity index (χ3v) is 9.97. The standard InChI is InChI=1S/C50H43ClN2O5/c51-43-24-29-48(46(31-43)49(54)52-47(50(55)56)30-36-16-22-42(23-17-36)41-14-8-3-9-15-41)53(32-37-18-25-44(26-19-37)57-34-39-10-4-1-5-11-39)33-38-20-27-45(28-21-38)58-35-40-12-6-2-7-13-40/h1-29,31,47H,30,32-35H2,(H,52,54)(H,55,56). The van der Waals surface area contributed by atoms with E-state index in [4.69, 9.17) is 21.1 Å². The summed E-state index contributed by atoms with van der Waals surface area (Å²) in [6.45, 7) is 1.78. The Morgan fingerprint density at radius 2 is 1.02 bits per heavy atom. The number of anilines is 1. The molecule has 0 fully saturated rings. The smallest absolute Gasteiger partial charge is 0.326 e. The van der Waals surface area contributed by atoms with E-state index in [2.05, 4.69) is 10.2 Å². The SMILES string of the molecule is O=C(NC(Cc1ccc(-c2ccccc2)cc1)C(=O)O)c1cc(Cl)ccc1N(Cc1ccc(OCc2ccccc2)cc1)Cc1ccc(OCc2ccccc2)cc1. The van der Waals surface area contributed by atoms with Gasteiger partial charge < -0.3 is 24.8 Å². The first-order chi connectivity index (χ1) is 28.4. The fourth-order valence-corrected chi connectivity index (χ4v) is 6.80. The highest BCUT2D eigenvalue weighted by Gasteiger charge is 2.25. The summed E-state index contributed by atoms with van der Waals surface area (Å²) in [6.07, 6.45) is 0.104. The molecule has 7 aromatic carbocycles. The molecule has 0 aromatic heterocycles. The largest absolute Gasteiger partial charge is 0.489 e. The van der Waals surface area contributed by atoms with E-state index < -0.39 is 17.9 Å². The number of amides is 1. The van der Waals surface area contributed by atoms with E-state index in [0.29, 0.717) is 37.0 Å². The molecule has 8 heteroatoms. The minimum Gasteiger partial charge on any atom is -0.489 e. The number of hydrogen-bond acceptors (Lipinski definition) is 5. The molecule has 0 aliphatic rings. The zero-order valence-corrected chi connectivity index (χ0v) is 32.6. The Labute approximate surface area is 344 Å². The molecule has 0 aliphatic heterocycles. The van der Waals surface area contributed by atoms with Crippen LogP contribution in [-0.2, 0) is 37.5 Å². The summed E-state index contributed by atoms with van der Waals surface area (Å²) in [6, 6.07) is 57.4. The van der Waals surface area contributed by atoms with Crippen LogP contribution in [-0.4, -0.2) is 23.0 Å². The average molecular weight is 787 g/mol. The van der Waals surface area contributed by atoms with Crippen molar-refractivity contribution in [1.29, 1.82) is 0 Å². The molecule has 0 aliphatic carbocycles. The summed E-state index contributed by atoms with van der Waals surface area (Å²) in [4.78, 5) is 28.8. The number of carbonyl (C=O) groups excluding carboxylic acids is 1. The van der Waals surface area contributed by atoms with Gasteiger partial charge in [-0.3, -0.25) is 4.79 Å². The van der Waals surface area contributed by atoms with Crippen LogP contribution in [0.15, 0.2) is 182 Å². The molecule has 58 heavy (non-hydrogen) atoms. The van der Waals surface area contributed by atoms with Gasteiger partial charge >= 0.3 is 5.97 Å². The molecule has 0 bridgehead atoms. The highest BCUT2D eigenvalue weighted by Crippen LogP contribution is 2.29. The van der Waals surface area contributed by atoms with Crippen LogP contribution in [0.25, 0.3) is 11.1 Å². The van der Waals surface area contributed by atoms with E-state index in [0.717, 1.165) is 50.4 Å². The van der Waals surface area contributed by atoms with Crippen molar-refractivity contribution in [2.24, 2.45) is 0 Å². The maximum Gasteiger partial charge on any atom is 0.326 e. The van der Waals surface area contributed by atoms with Gasteiger partial charge in [0.25, 0.3) is 5.91 Å². The second-order valence-electron chi connectivity index (χ2n) is 14.0. The number of aliphatic carboxylic acids is 1. The summed E-state index contributed by atoms with van der Waals surface area (Å²) in [5, 5.41) is 13.4. The third kappa shape index (κ3) is 10.9. The molecule has 7 aromatic rings. The first-order valence-corrected chi connectivity index (χ1v) is 19.5. The van der Waals surface area contributed by atoms with Crippen LogP contribution in [0.3, 0.4) is 0 Å². The third-order valence-electron chi connectivity index (χ3n) is 9.74. The molecule has 2 N–H and O–H groups in total. The van der Waals surface area contributed by atoms with Gasteiger partial charge in [-0.25, -0.2) is 4.79 Å². The van der Waals surface area contributed by atoms with Crippen LogP contribution < -0.4 is 19.7 Å². The van der Waals surface area contributed by atoms with Gasteiger partial charge in [0.2, 0.25) is 0 Å². The molecule has 0 radical (unpaired) electrons. The lowest BCUT2D eigenvalue weighted by atomic mass is 10.0. The number of hydrogen-bond donors (Lipinski definition) is 2. The van der Waals surface area contributed by atoms with Crippen molar-refractivity contribution in [1.82, 2.24) is 5.32 Å². The first kappa shape index (κ1) is 39.4. The van der Waals surface area contributed by atoms with Crippen molar-refractivity contribution in [3.63, 3.8) is 0 Å². The van der Waals surface area contributed by atoms with E-state index in [-0.39, 0.29) is 12.0 Å². The van der Waals surface area contributed by atoms with E-state index >= 15 is 0 Å². The van der Waals surface area contributed by atoms with Crippen LogP contribution >= 0.6 is 11.6 Å². The fraction of sp³-hybridized carbons (Fsp3) is 0.120. The van der Waals surface area contributed by atoms with Crippen molar-refractivity contribution >= 4 is 29.2 Å². The Hall–Kier alpha value is -6.83. The van der Waals surface area contributed by atoms with Gasteiger partial charge in [-0.05, 0) is 81.4 Å². The van der Waals surface area contributed by atoms with E-state index in [1.165, 1.54) is 0 Å². The highest BCUT2D eigenvalue weighted by atomic mass is 35.5. The topological polar surface area (TPSA) is 88.1 Å². The Balaban J connectivity index is 1.11. The predicted molar refractivity (Wildman–Crippen MR) is 230 cm³/mol. The summed E-state index contributed by atoms with van der Waals surface area (Å²) in [5.74, 6) is -0.187. The van der Waals surface area contributed by atoms with Gasteiger partial charge in [0, 0.05) is 24.5 Å². The number of ether oxygens (including phenoxy) is 2. The van der Waals surface area contributed by atoms with Crippen molar-refractivity contribution in [2.75, 3.05) is 4.90 Å². The monoisotopic (exact) mass is 786 g/mol. The lowest BCUT2D eigenvalue weighted by Crippen LogP contribution is -2.42. The number of nitrogens with one attached hydrogen (secondary N) is 1. The van der Waals surface area contributed by atoms with Crippen LogP contribution in [0.4, 0.5) is 5.69 Å². The molecule has 0 spiro atoms. The molecular formula is C50H43ClN2O5. The quantitative estimate of drug-likeness (QED) is 0.0956. The molecule has 0 saturated carbocycles. The Bertz CT molecular complexity index is 2300. The Kier molecular flexibility index (Phi) is 13.1. The molecule has 7 rings (SSSR count). The lowest BCUT2D eigenvalue weighted by molar-refractivity contribution is -0.139. The summed E-state index contributed by atoms with van der Waals surface area (Å²) < 4.78 is 12.1. The number of carbonyl (C=O) groups is 2. The minimum absolute atomic E-state index is 0.104. The Morgan fingerprint density at radius 1 is 0.552 bits per heavy atom. The number of carboxylic acids is 1. The number of carboxylic acid groups (broad SMARTS) is 1. The lowest BCUT2D eigenvalue weighted by Gasteiger charge is -2.28. The van der Waals surface area contributed by atoms with E-state index in [1.54, 1.807) is 12.1 Å². The minimum atomic E-state index is -1.18. The van der Waals surface area contributed by atoms with Crippen LogP contribution in [0.1, 0.15) is 38.2 Å². The van der Waals surface area contributed by atoms with Crippen molar-refractivity contribution in [2.45, 2.75) is 38.8 Å². The van der Waals surface area contributed by atoms with E-state index in [9.17, 15) is 14.7 Å². The highest BCUT2D eigenvalue weighted by molar-refractivity contribution is 6.31. The molecule has 290 valence electrons. The van der Waals surface area contributed by atoms with Gasteiger partial charge in [-0.2, -0.15) is 0 Å². The second kappa shape index (κ2) is 19.4. The second-order valence-corrected chi connectivity index (χ2v) is 14.4. The van der Waals surface area contributed by atoms with Gasteiger partial charge in [-0.1, -0.05) is 151 Å². The summed E-state index contributed by atoms with van der Waals surface area (Å²) in [7, 11) is 0. The Morgan fingerprint density at radius 3 is 1.52 bits per heavy atom. The maximum atomic E-state index is 14.1. The van der Waals surface area contributed by atoms with Gasteiger partial charge in [-0.15, -0.1) is 0 Å². The summed E-state index contributed by atoms with van der Waals surface area (Å²) in [5.41, 5.74) is 7.87. The van der Waals surface area contributed by atoms with Crippen molar-refractivity contribution < 1.29 is 24.2 Å². The average Bonchev–Trinajstić information content (AvgIpc) is 3.26. The molecule has 1 amide bonds. The zero-order valence-electron chi connectivity index (χ0n) is 31.8. The first-order valence-electron chi connectivity index (χ1n) is 19.1. The predicted octanol–water partition coefficient (Wildman–Crippen LogP) is 10.8. The molecule has 1 atom stereocenters. The number of benzene rings is 7. The fourth-order valence-electron chi connectivity index (χ4n) is 6.63. The zero-order chi connectivity index (χ0) is 40.1. The number of nitrogens with zero attached hydrogens (tertiary/aromatic N) is 1. The normalized spacial score (nSPS) is 11.3.